The van der Waals surface area contributed by atoms with E-state index in [2.05, 4.69) is 54.6 Å². The molecule has 0 fully saturated rings. The van der Waals surface area contributed by atoms with E-state index in [0.717, 1.165) is 12.8 Å². The van der Waals surface area contributed by atoms with E-state index in [4.69, 9.17) is 5.73 Å². The maximum absolute atomic E-state index is 8.89. The molecule has 0 aliphatic rings. The number of nitrogens with zero attached hydrogens (tertiary/aromatic N) is 1. The zero-order valence-electron chi connectivity index (χ0n) is 10.4. The Bertz CT molecular complexity index is 444. The van der Waals surface area contributed by atoms with Gasteiger partial charge in [-0.3, -0.25) is 0 Å². The SMILES string of the molecule is [N]CCCC=C(c1ccccc1)c1ccccc1. The predicted molar refractivity (Wildman–Crippen MR) is 76.2 cm³/mol. The molecule has 0 aliphatic heterocycles. The third kappa shape index (κ3) is 3.31. The van der Waals surface area contributed by atoms with E-state index >= 15 is 0 Å². The quantitative estimate of drug-likeness (QED) is 0.700. The Balaban J connectivity index is 2.33. The van der Waals surface area contributed by atoms with Gasteiger partial charge in [-0.05, 0) is 29.5 Å². The van der Waals surface area contributed by atoms with E-state index in [9.17, 15) is 0 Å². The van der Waals surface area contributed by atoms with Crippen LogP contribution < -0.4 is 5.73 Å². The Kier molecular flexibility index (Phi) is 4.74. The zero-order valence-corrected chi connectivity index (χ0v) is 10.4. The summed E-state index contributed by atoms with van der Waals surface area (Å²) in [6.07, 6.45) is 3.92. The van der Waals surface area contributed by atoms with Gasteiger partial charge >= 0.3 is 0 Å². The fraction of sp³-hybridized carbons (Fsp3) is 0.176. The molecule has 0 bridgehead atoms. The minimum Gasteiger partial charge on any atom is -0.145 e. The molecule has 0 heterocycles. The predicted octanol–water partition coefficient (Wildman–Crippen LogP) is 3.97. The third-order valence-corrected chi connectivity index (χ3v) is 2.88. The van der Waals surface area contributed by atoms with Gasteiger partial charge < -0.3 is 0 Å². The molecule has 0 N–H and O–H groups in total. The Morgan fingerprint density at radius 3 is 1.78 bits per heavy atom. The van der Waals surface area contributed by atoms with Crippen molar-refractivity contribution in [1.29, 1.82) is 0 Å². The molecule has 0 amide bonds. The van der Waals surface area contributed by atoms with Crippen molar-refractivity contribution < 1.29 is 0 Å². The number of hydrogen-bond acceptors (Lipinski definition) is 0. The maximum Gasteiger partial charge on any atom is 0.0324 e. The van der Waals surface area contributed by atoms with Gasteiger partial charge in [0.05, 0.1) is 0 Å². The van der Waals surface area contributed by atoms with Crippen LogP contribution in [0.1, 0.15) is 24.0 Å². The molecule has 0 aliphatic carbocycles. The van der Waals surface area contributed by atoms with E-state index < -0.39 is 0 Å². The van der Waals surface area contributed by atoms with Crippen molar-refractivity contribution in [2.45, 2.75) is 12.8 Å². The Morgan fingerprint density at radius 2 is 1.33 bits per heavy atom. The Labute approximate surface area is 109 Å². The molecule has 0 saturated heterocycles. The highest BCUT2D eigenvalue weighted by atomic mass is 14.5. The average molecular weight is 235 g/mol. The normalized spacial score (nSPS) is 10.1. The smallest absolute Gasteiger partial charge is 0.0324 e. The van der Waals surface area contributed by atoms with Crippen molar-refractivity contribution in [2.24, 2.45) is 0 Å². The summed E-state index contributed by atoms with van der Waals surface area (Å²) in [7, 11) is 0. The molecule has 1 nitrogen and oxygen atoms in total. The lowest BCUT2D eigenvalue weighted by Gasteiger charge is -2.08. The molecule has 2 aromatic carbocycles. The van der Waals surface area contributed by atoms with Crippen molar-refractivity contribution in [3.63, 3.8) is 0 Å². The monoisotopic (exact) mass is 235 g/mol. The molecule has 0 unspecified atom stereocenters. The zero-order chi connectivity index (χ0) is 12.6. The summed E-state index contributed by atoms with van der Waals surface area (Å²) >= 11 is 0. The topological polar surface area (TPSA) is 22.3 Å². The van der Waals surface area contributed by atoms with Gasteiger partial charge in [0.2, 0.25) is 0 Å². The minimum absolute atomic E-state index is 0.243. The summed E-state index contributed by atoms with van der Waals surface area (Å²) in [6.45, 7) is 0.243. The standard InChI is InChI=1S/C17H17N/c18-14-8-7-13-17(15-9-3-1-4-10-15)16-11-5-2-6-12-16/h1-6,9-13H,7-8,14H2. The van der Waals surface area contributed by atoms with Crippen LogP contribution in [0.5, 0.6) is 0 Å². The number of benzene rings is 2. The van der Waals surface area contributed by atoms with Crippen LogP contribution in [0.25, 0.3) is 5.57 Å². The fourth-order valence-corrected chi connectivity index (χ4v) is 1.98. The number of hydrogen-bond donors (Lipinski definition) is 0. The molecular weight excluding hydrogens is 218 g/mol. The van der Waals surface area contributed by atoms with Gasteiger partial charge in [-0.1, -0.05) is 66.7 Å². The van der Waals surface area contributed by atoms with E-state index in [-0.39, 0.29) is 6.54 Å². The summed E-state index contributed by atoms with van der Waals surface area (Å²) < 4.78 is 0. The Morgan fingerprint density at radius 1 is 0.833 bits per heavy atom. The van der Waals surface area contributed by atoms with E-state index in [1.807, 2.05) is 12.1 Å². The van der Waals surface area contributed by atoms with E-state index in [1.54, 1.807) is 0 Å². The maximum atomic E-state index is 8.89. The summed E-state index contributed by atoms with van der Waals surface area (Å²) in [5, 5.41) is 0. The molecular formula is C17H17N. The van der Waals surface area contributed by atoms with Gasteiger partial charge in [-0.25, -0.2) is 0 Å². The van der Waals surface area contributed by atoms with Crippen molar-refractivity contribution in [2.75, 3.05) is 6.54 Å². The highest BCUT2D eigenvalue weighted by molar-refractivity contribution is 5.79. The first-order chi connectivity index (χ1) is 8.92. The molecule has 2 rings (SSSR count). The van der Waals surface area contributed by atoms with Gasteiger partial charge in [0.15, 0.2) is 0 Å². The second-order valence-electron chi connectivity index (χ2n) is 4.22. The number of rotatable bonds is 5. The molecule has 0 aromatic heterocycles. The average Bonchev–Trinajstić information content (AvgIpc) is 2.46. The summed E-state index contributed by atoms with van der Waals surface area (Å²) in [6, 6.07) is 20.8. The highest BCUT2D eigenvalue weighted by Crippen LogP contribution is 2.23. The van der Waals surface area contributed by atoms with Crippen molar-refractivity contribution in [3.8, 4) is 0 Å². The molecule has 90 valence electrons. The van der Waals surface area contributed by atoms with Crippen LogP contribution in [0.4, 0.5) is 0 Å². The summed E-state index contributed by atoms with van der Waals surface area (Å²) in [4.78, 5) is 0. The van der Waals surface area contributed by atoms with Crippen molar-refractivity contribution in [3.05, 3.63) is 77.9 Å². The lowest BCUT2D eigenvalue weighted by molar-refractivity contribution is 0.838. The molecule has 0 spiro atoms. The molecule has 1 heteroatoms. The highest BCUT2D eigenvalue weighted by Gasteiger charge is 2.03. The molecule has 18 heavy (non-hydrogen) atoms. The van der Waals surface area contributed by atoms with Crippen LogP contribution in [0.3, 0.4) is 0 Å². The summed E-state index contributed by atoms with van der Waals surface area (Å²) in [5.41, 5.74) is 12.6. The van der Waals surface area contributed by atoms with Crippen LogP contribution in [0.15, 0.2) is 66.7 Å². The number of unbranched alkanes of at least 4 members (excludes halogenated alkanes) is 1. The number of allylic oxidation sites excluding steroid dienone is 1. The van der Waals surface area contributed by atoms with Crippen molar-refractivity contribution >= 4 is 5.57 Å². The van der Waals surface area contributed by atoms with Gasteiger partial charge in [0, 0.05) is 6.54 Å². The first kappa shape index (κ1) is 12.6. The van der Waals surface area contributed by atoms with Crippen LogP contribution in [-0.4, -0.2) is 6.54 Å². The summed E-state index contributed by atoms with van der Waals surface area (Å²) in [5.74, 6) is 0. The Hall–Kier alpha value is -1.86. The lowest BCUT2D eigenvalue weighted by atomic mass is 9.96. The third-order valence-electron chi connectivity index (χ3n) is 2.88. The first-order valence-corrected chi connectivity index (χ1v) is 6.33. The fourth-order valence-electron chi connectivity index (χ4n) is 1.98. The van der Waals surface area contributed by atoms with Crippen LogP contribution in [0, 0.1) is 0 Å². The van der Waals surface area contributed by atoms with Crippen LogP contribution in [-0.2, 0) is 0 Å². The van der Waals surface area contributed by atoms with Gasteiger partial charge in [-0.2, -0.15) is 0 Å². The van der Waals surface area contributed by atoms with Crippen LogP contribution >= 0.6 is 0 Å². The van der Waals surface area contributed by atoms with Crippen molar-refractivity contribution in [1.82, 2.24) is 5.73 Å². The first-order valence-electron chi connectivity index (χ1n) is 6.33. The second-order valence-corrected chi connectivity index (χ2v) is 4.22. The molecule has 2 aromatic rings. The van der Waals surface area contributed by atoms with Gasteiger partial charge in [0.25, 0.3) is 0 Å². The van der Waals surface area contributed by atoms with Crippen LogP contribution in [0.2, 0.25) is 0 Å². The lowest BCUT2D eigenvalue weighted by Crippen LogP contribution is -1.89. The molecule has 0 saturated carbocycles. The molecule has 2 radical (unpaired) electrons. The largest absolute Gasteiger partial charge is 0.145 e. The van der Waals surface area contributed by atoms with E-state index in [1.165, 1.54) is 16.7 Å². The van der Waals surface area contributed by atoms with E-state index in [0.29, 0.717) is 0 Å². The van der Waals surface area contributed by atoms with Gasteiger partial charge in [-0.15, -0.1) is 5.73 Å². The van der Waals surface area contributed by atoms with Gasteiger partial charge in [0.1, 0.15) is 0 Å². The molecule has 0 atom stereocenters. The second kappa shape index (κ2) is 6.77. The minimum atomic E-state index is 0.243.